The first-order chi connectivity index (χ1) is 9.19. The Hall–Kier alpha value is -1.12. The van der Waals surface area contributed by atoms with Crippen molar-refractivity contribution in [3.63, 3.8) is 0 Å². The molecule has 112 valence electrons. The van der Waals surface area contributed by atoms with Gasteiger partial charge in [-0.25, -0.2) is 8.42 Å². The molecule has 0 unspecified atom stereocenters. The van der Waals surface area contributed by atoms with Crippen LogP contribution in [0.3, 0.4) is 0 Å². The maximum absolute atomic E-state index is 12.2. The lowest BCUT2D eigenvalue weighted by Crippen LogP contribution is -2.44. The Kier molecular flexibility index (Phi) is 5.55. The maximum atomic E-state index is 12.2. The molecule has 0 aliphatic heterocycles. The van der Waals surface area contributed by atoms with E-state index < -0.39 is 22.0 Å². The van der Waals surface area contributed by atoms with Crippen molar-refractivity contribution in [1.82, 2.24) is 4.72 Å². The van der Waals surface area contributed by atoms with Crippen molar-refractivity contribution in [3.8, 4) is 5.75 Å². The van der Waals surface area contributed by atoms with E-state index in [2.05, 4.69) is 20.7 Å². The fraction of sp³-hybridized carbons (Fsp3) is 0.417. The number of rotatable bonds is 6. The van der Waals surface area contributed by atoms with Crippen LogP contribution in [0.5, 0.6) is 5.75 Å². The molecule has 8 heteroatoms. The van der Waals surface area contributed by atoms with Crippen LogP contribution in [0.1, 0.15) is 13.8 Å². The Balaban J connectivity index is 3.14. The van der Waals surface area contributed by atoms with Gasteiger partial charge in [0.15, 0.2) is 0 Å². The molecule has 0 saturated carbocycles. The van der Waals surface area contributed by atoms with Gasteiger partial charge in [0.05, 0.1) is 12.0 Å². The standard InChI is InChI=1S/C12H16BrNO5S/c1-7(2)11(12(15)16)14-20(17,18)10-5-4-8(19-3)6-9(10)13/h4-7,11,14H,1-3H3,(H,15,16)/t11-/m1/s1. The van der Waals surface area contributed by atoms with Crippen LogP contribution in [0, 0.1) is 5.92 Å². The van der Waals surface area contributed by atoms with E-state index >= 15 is 0 Å². The molecular formula is C12H16BrNO5S. The first-order valence-corrected chi connectivity index (χ1v) is 8.05. The van der Waals surface area contributed by atoms with Gasteiger partial charge in [-0.05, 0) is 40.0 Å². The smallest absolute Gasteiger partial charge is 0.322 e. The van der Waals surface area contributed by atoms with Gasteiger partial charge in [-0.3, -0.25) is 4.79 Å². The molecule has 1 aromatic carbocycles. The summed E-state index contributed by atoms with van der Waals surface area (Å²) < 4.78 is 31.9. The highest BCUT2D eigenvalue weighted by atomic mass is 79.9. The normalized spacial score (nSPS) is 13.2. The van der Waals surface area contributed by atoms with Crippen LogP contribution < -0.4 is 9.46 Å². The number of aliphatic carboxylic acids is 1. The Morgan fingerprint density at radius 1 is 1.40 bits per heavy atom. The van der Waals surface area contributed by atoms with Gasteiger partial charge in [-0.15, -0.1) is 0 Å². The molecule has 0 heterocycles. The molecule has 20 heavy (non-hydrogen) atoms. The van der Waals surface area contributed by atoms with E-state index in [0.717, 1.165) is 0 Å². The molecule has 1 aromatic rings. The Morgan fingerprint density at radius 2 is 2.00 bits per heavy atom. The lowest BCUT2D eigenvalue weighted by atomic mass is 10.1. The van der Waals surface area contributed by atoms with Gasteiger partial charge in [-0.2, -0.15) is 4.72 Å². The fourth-order valence-corrected chi connectivity index (χ4v) is 3.92. The predicted molar refractivity (Wildman–Crippen MR) is 77.3 cm³/mol. The molecule has 0 aliphatic carbocycles. The second kappa shape index (κ2) is 6.55. The number of sulfonamides is 1. The molecule has 0 fully saturated rings. The average molecular weight is 366 g/mol. The van der Waals surface area contributed by atoms with Crippen molar-refractivity contribution in [3.05, 3.63) is 22.7 Å². The van der Waals surface area contributed by atoms with E-state index in [4.69, 9.17) is 9.84 Å². The van der Waals surface area contributed by atoms with Crippen LogP contribution in [0.15, 0.2) is 27.6 Å². The number of carboxylic acids is 1. The fourth-order valence-electron chi connectivity index (χ4n) is 1.53. The summed E-state index contributed by atoms with van der Waals surface area (Å²) in [5, 5.41) is 9.05. The van der Waals surface area contributed by atoms with Crippen LogP contribution in [0.25, 0.3) is 0 Å². The minimum atomic E-state index is -3.94. The SMILES string of the molecule is COc1ccc(S(=O)(=O)N[C@@H](C(=O)O)C(C)C)c(Br)c1. The monoisotopic (exact) mass is 365 g/mol. The van der Waals surface area contributed by atoms with Crippen molar-refractivity contribution in [1.29, 1.82) is 0 Å². The van der Waals surface area contributed by atoms with Crippen LogP contribution in [-0.4, -0.2) is 32.6 Å². The highest BCUT2D eigenvalue weighted by molar-refractivity contribution is 9.10. The third-order valence-electron chi connectivity index (χ3n) is 2.64. The number of ether oxygens (including phenoxy) is 1. The van der Waals surface area contributed by atoms with Crippen molar-refractivity contribution in [2.24, 2.45) is 5.92 Å². The Morgan fingerprint density at radius 3 is 2.40 bits per heavy atom. The summed E-state index contributed by atoms with van der Waals surface area (Å²) in [5.74, 6) is -1.10. The molecule has 1 atom stereocenters. The zero-order chi connectivity index (χ0) is 15.5. The van der Waals surface area contributed by atoms with E-state index in [0.29, 0.717) is 10.2 Å². The van der Waals surface area contributed by atoms with E-state index in [1.807, 2.05) is 0 Å². The van der Waals surface area contributed by atoms with Crippen molar-refractivity contribution in [2.75, 3.05) is 7.11 Å². The highest BCUT2D eigenvalue weighted by Gasteiger charge is 2.29. The van der Waals surface area contributed by atoms with Crippen molar-refractivity contribution < 1.29 is 23.1 Å². The van der Waals surface area contributed by atoms with Gasteiger partial charge >= 0.3 is 5.97 Å². The number of methoxy groups -OCH3 is 1. The molecular weight excluding hydrogens is 350 g/mol. The number of halogens is 1. The zero-order valence-electron chi connectivity index (χ0n) is 11.3. The summed E-state index contributed by atoms with van der Waals surface area (Å²) in [5.41, 5.74) is 0. The highest BCUT2D eigenvalue weighted by Crippen LogP contribution is 2.26. The molecule has 0 aliphatic rings. The molecule has 0 bridgehead atoms. The lowest BCUT2D eigenvalue weighted by Gasteiger charge is -2.18. The summed E-state index contributed by atoms with van der Waals surface area (Å²) in [4.78, 5) is 11.0. The minimum absolute atomic E-state index is 0.0369. The molecule has 0 amide bonds. The molecule has 0 spiro atoms. The summed E-state index contributed by atoms with van der Waals surface area (Å²) in [6.07, 6.45) is 0. The maximum Gasteiger partial charge on any atom is 0.322 e. The second-order valence-electron chi connectivity index (χ2n) is 4.48. The number of carbonyl (C=O) groups is 1. The van der Waals surface area contributed by atoms with Gasteiger partial charge in [0.1, 0.15) is 11.8 Å². The van der Waals surface area contributed by atoms with Gasteiger partial charge < -0.3 is 9.84 Å². The van der Waals surface area contributed by atoms with Gasteiger partial charge in [0.25, 0.3) is 0 Å². The number of carboxylic acid groups (broad SMARTS) is 1. The van der Waals surface area contributed by atoms with Crippen LogP contribution in [0.2, 0.25) is 0 Å². The van der Waals surface area contributed by atoms with Crippen molar-refractivity contribution in [2.45, 2.75) is 24.8 Å². The molecule has 6 nitrogen and oxygen atoms in total. The van der Waals surface area contributed by atoms with Crippen molar-refractivity contribution >= 4 is 31.9 Å². The molecule has 0 radical (unpaired) electrons. The van der Waals surface area contributed by atoms with Crippen LogP contribution in [-0.2, 0) is 14.8 Å². The van der Waals surface area contributed by atoms with Gasteiger partial charge in [0.2, 0.25) is 10.0 Å². The third kappa shape index (κ3) is 3.94. The van der Waals surface area contributed by atoms with Crippen LogP contribution >= 0.6 is 15.9 Å². The zero-order valence-corrected chi connectivity index (χ0v) is 13.7. The Bertz CT molecular complexity index is 600. The van der Waals surface area contributed by atoms with E-state index in [1.54, 1.807) is 13.8 Å². The quantitative estimate of drug-likeness (QED) is 0.802. The number of hydrogen-bond acceptors (Lipinski definition) is 4. The Labute approximate surface area is 126 Å². The minimum Gasteiger partial charge on any atom is -0.497 e. The largest absolute Gasteiger partial charge is 0.497 e. The number of hydrogen-bond donors (Lipinski definition) is 2. The number of nitrogens with one attached hydrogen (secondary N) is 1. The summed E-state index contributed by atoms with van der Waals surface area (Å²) in [7, 11) is -2.47. The van der Waals surface area contributed by atoms with E-state index in [9.17, 15) is 13.2 Å². The first kappa shape index (κ1) is 16.9. The van der Waals surface area contributed by atoms with Gasteiger partial charge in [0, 0.05) is 4.47 Å². The third-order valence-corrected chi connectivity index (χ3v) is 5.06. The summed E-state index contributed by atoms with van der Waals surface area (Å²) in [6.45, 7) is 3.26. The summed E-state index contributed by atoms with van der Waals surface area (Å²) >= 11 is 3.14. The van der Waals surface area contributed by atoms with Gasteiger partial charge in [-0.1, -0.05) is 13.8 Å². The first-order valence-electron chi connectivity index (χ1n) is 5.77. The molecule has 0 saturated heterocycles. The second-order valence-corrected chi connectivity index (χ2v) is 7.01. The number of benzene rings is 1. The van der Waals surface area contributed by atoms with E-state index in [-0.39, 0.29) is 10.8 Å². The average Bonchev–Trinajstić information content (AvgIpc) is 2.34. The topological polar surface area (TPSA) is 92.7 Å². The molecule has 2 N–H and O–H groups in total. The lowest BCUT2D eigenvalue weighted by molar-refractivity contribution is -0.140. The van der Waals surface area contributed by atoms with E-state index in [1.165, 1.54) is 25.3 Å². The molecule has 1 rings (SSSR count). The molecule has 0 aromatic heterocycles. The summed E-state index contributed by atoms with van der Waals surface area (Å²) in [6, 6.07) is 3.16. The van der Waals surface area contributed by atoms with Crippen LogP contribution in [0.4, 0.5) is 0 Å². The predicted octanol–water partition coefficient (Wildman–Crippen LogP) is 1.85.